The van der Waals surface area contributed by atoms with Crippen molar-refractivity contribution < 1.29 is 14.7 Å². The van der Waals surface area contributed by atoms with Gasteiger partial charge in [-0.05, 0) is 30.2 Å². The Morgan fingerprint density at radius 1 is 1.27 bits per heavy atom. The minimum Gasteiger partial charge on any atom is -0.481 e. The minimum absolute atomic E-state index is 0.0839. The van der Waals surface area contributed by atoms with Crippen LogP contribution in [0.5, 0.6) is 0 Å². The highest BCUT2D eigenvalue weighted by Crippen LogP contribution is 2.25. The molecule has 0 aliphatic carbocycles. The summed E-state index contributed by atoms with van der Waals surface area (Å²) >= 11 is 0. The van der Waals surface area contributed by atoms with Crippen molar-refractivity contribution in [2.45, 2.75) is 39.0 Å². The maximum Gasteiger partial charge on any atom is 0.308 e. The van der Waals surface area contributed by atoms with E-state index in [1.54, 1.807) is 4.90 Å². The van der Waals surface area contributed by atoms with Crippen molar-refractivity contribution in [3.8, 4) is 0 Å². The summed E-state index contributed by atoms with van der Waals surface area (Å²) in [6, 6.07) is 10.2. The van der Waals surface area contributed by atoms with Crippen LogP contribution >= 0.6 is 0 Å². The summed E-state index contributed by atoms with van der Waals surface area (Å²) in [5, 5.41) is 9.18. The molecule has 4 heteroatoms. The molecule has 0 aromatic heterocycles. The zero-order valence-corrected chi connectivity index (χ0v) is 13.4. The topological polar surface area (TPSA) is 57.6 Å². The molecule has 120 valence electrons. The van der Waals surface area contributed by atoms with Crippen LogP contribution in [0.25, 0.3) is 0 Å². The van der Waals surface area contributed by atoms with Crippen LogP contribution in [0, 0.1) is 11.8 Å². The predicted molar refractivity (Wildman–Crippen MR) is 85.6 cm³/mol. The molecule has 1 saturated heterocycles. The van der Waals surface area contributed by atoms with Crippen LogP contribution in [0.4, 0.5) is 0 Å². The summed E-state index contributed by atoms with van der Waals surface area (Å²) in [6.07, 6.45) is 1.94. The van der Waals surface area contributed by atoms with E-state index >= 15 is 0 Å². The van der Waals surface area contributed by atoms with E-state index in [1.807, 2.05) is 25.1 Å². The van der Waals surface area contributed by atoms with E-state index in [9.17, 15) is 14.7 Å². The number of carbonyl (C=O) groups excluding carboxylic acids is 1. The van der Waals surface area contributed by atoms with Gasteiger partial charge in [0.1, 0.15) is 0 Å². The van der Waals surface area contributed by atoms with Gasteiger partial charge in [-0.3, -0.25) is 9.59 Å². The average Bonchev–Trinajstić information content (AvgIpc) is 2.52. The molecule has 1 aromatic carbocycles. The number of piperidine rings is 1. The summed E-state index contributed by atoms with van der Waals surface area (Å²) in [7, 11) is 0. The second kappa shape index (κ2) is 7.43. The number of amides is 1. The number of aliphatic carboxylic acids is 1. The third-order valence-corrected chi connectivity index (χ3v) is 4.52. The quantitative estimate of drug-likeness (QED) is 0.909. The molecule has 1 aliphatic heterocycles. The summed E-state index contributed by atoms with van der Waals surface area (Å²) < 4.78 is 0. The van der Waals surface area contributed by atoms with Gasteiger partial charge in [-0.1, -0.05) is 44.2 Å². The zero-order chi connectivity index (χ0) is 16.1. The molecule has 1 aromatic rings. The lowest BCUT2D eigenvalue weighted by Crippen LogP contribution is -2.45. The van der Waals surface area contributed by atoms with Crippen LogP contribution in [0.1, 0.15) is 44.6 Å². The van der Waals surface area contributed by atoms with Crippen LogP contribution < -0.4 is 0 Å². The lowest BCUT2D eigenvalue weighted by atomic mass is 9.90. The van der Waals surface area contributed by atoms with Crippen molar-refractivity contribution >= 4 is 11.9 Å². The Hall–Kier alpha value is -1.84. The molecule has 1 N–H and O–H groups in total. The molecule has 1 aliphatic rings. The standard InChI is InChI=1S/C18H25NO3/c1-13-10-16(18(21)22)12-19(11-13)17(20)9-8-14(2)15-6-4-3-5-7-15/h3-7,13-14,16H,8-12H2,1-2H3,(H,21,22). The number of benzene rings is 1. The van der Waals surface area contributed by atoms with E-state index in [1.165, 1.54) is 5.56 Å². The number of carboxylic acid groups (broad SMARTS) is 1. The van der Waals surface area contributed by atoms with Crippen molar-refractivity contribution in [1.29, 1.82) is 0 Å². The molecule has 0 bridgehead atoms. The molecule has 3 unspecified atom stereocenters. The van der Waals surface area contributed by atoms with Gasteiger partial charge in [-0.25, -0.2) is 0 Å². The lowest BCUT2D eigenvalue weighted by molar-refractivity contribution is -0.146. The Kier molecular flexibility index (Phi) is 5.58. The number of nitrogens with zero attached hydrogens (tertiary/aromatic N) is 1. The highest BCUT2D eigenvalue weighted by atomic mass is 16.4. The van der Waals surface area contributed by atoms with Crippen molar-refractivity contribution in [2.75, 3.05) is 13.1 Å². The Morgan fingerprint density at radius 3 is 2.59 bits per heavy atom. The third-order valence-electron chi connectivity index (χ3n) is 4.52. The summed E-state index contributed by atoms with van der Waals surface area (Å²) in [4.78, 5) is 25.3. The van der Waals surface area contributed by atoms with Crippen molar-refractivity contribution in [3.63, 3.8) is 0 Å². The Labute approximate surface area is 132 Å². The number of hydrogen-bond donors (Lipinski definition) is 1. The minimum atomic E-state index is -0.790. The molecule has 1 fully saturated rings. The van der Waals surface area contributed by atoms with Crippen molar-refractivity contribution in [1.82, 2.24) is 4.90 Å². The van der Waals surface area contributed by atoms with Gasteiger partial charge < -0.3 is 10.0 Å². The van der Waals surface area contributed by atoms with Gasteiger partial charge in [-0.2, -0.15) is 0 Å². The van der Waals surface area contributed by atoms with Crippen LogP contribution in [-0.4, -0.2) is 35.0 Å². The molecule has 1 heterocycles. The second-order valence-electron chi connectivity index (χ2n) is 6.53. The molecular formula is C18H25NO3. The van der Waals surface area contributed by atoms with Gasteiger partial charge in [0, 0.05) is 19.5 Å². The number of rotatable bonds is 5. The molecule has 0 saturated carbocycles. The smallest absolute Gasteiger partial charge is 0.308 e. The monoisotopic (exact) mass is 303 g/mol. The molecule has 3 atom stereocenters. The SMILES string of the molecule is CC1CC(C(=O)O)CN(C(=O)CCC(C)c2ccccc2)C1. The first kappa shape index (κ1) is 16.5. The first-order valence-corrected chi connectivity index (χ1v) is 8.03. The van der Waals surface area contributed by atoms with Crippen LogP contribution in [-0.2, 0) is 9.59 Å². The highest BCUT2D eigenvalue weighted by Gasteiger charge is 2.31. The number of likely N-dealkylation sites (tertiary alicyclic amines) is 1. The predicted octanol–water partition coefficient (Wildman–Crippen LogP) is 3.14. The fourth-order valence-electron chi connectivity index (χ4n) is 3.18. The second-order valence-corrected chi connectivity index (χ2v) is 6.53. The van der Waals surface area contributed by atoms with Crippen molar-refractivity contribution in [3.05, 3.63) is 35.9 Å². The summed E-state index contributed by atoms with van der Waals surface area (Å²) in [5.41, 5.74) is 1.24. The van der Waals surface area contributed by atoms with Gasteiger partial charge in [0.15, 0.2) is 0 Å². The number of carboxylic acids is 1. The molecule has 2 rings (SSSR count). The molecule has 22 heavy (non-hydrogen) atoms. The fourth-order valence-corrected chi connectivity index (χ4v) is 3.18. The third kappa shape index (κ3) is 4.33. The fraction of sp³-hybridized carbons (Fsp3) is 0.556. The summed E-state index contributed by atoms with van der Waals surface area (Å²) in [6.45, 7) is 5.18. The van der Waals surface area contributed by atoms with E-state index in [0.29, 0.717) is 31.8 Å². The van der Waals surface area contributed by atoms with Crippen LogP contribution in [0.15, 0.2) is 30.3 Å². The van der Waals surface area contributed by atoms with Gasteiger partial charge in [-0.15, -0.1) is 0 Å². The van der Waals surface area contributed by atoms with E-state index < -0.39 is 11.9 Å². The molecule has 0 radical (unpaired) electrons. The van der Waals surface area contributed by atoms with E-state index in [2.05, 4.69) is 19.1 Å². The Balaban J connectivity index is 1.87. The van der Waals surface area contributed by atoms with Crippen LogP contribution in [0.3, 0.4) is 0 Å². The van der Waals surface area contributed by atoms with Crippen molar-refractivity contribution in [2.24, 2.45) is 11.8 Å². The van der Waals surface area contributed by atoms with Crippen LogP contribution in [0.2, 0.25) is 0 Å². The van der Waals surface area contributed by atoms with Gasteiger partial charge in [0.05, 0.1) is 5.92 Å². The lowest BCUT2D eigenvalue weighted by Gasteiger charge is -2.35. The van der Waals surface area contributed by atoms with E-state index in [-0.39, 0.29) is 11.8 Å². The molecule has 4 nitrogen and oxygen atoms in total. The highest BCUT2D eigenvalue weighted by molar-refractivity contribution is 5.78. The maximum absolute atomic E-state index is 12.4. The van der Waals surface area contributed by atoms with Gasteiger partial charge >= 0.3 is 5.97 Å². The first-order valence-electron chi connectivity index (χ1n) is 8.03. The Bertz CT molecular complexity index is 514. The van der Waals surface area contributed by atoms with E-state index in [0.717, 1.165) is 6.42 Å². The average molecular weight is 303 g/mol. The number of hydrogen-bond acceptors (Lipinski definition) is 2. The normalized spacial score (nSPS) is 23.1. The first-order chi connectivity index (χ1) is 10.5. The summed E-state index contributed by atoms with van der Waals surface area (Å²) in [5.74, 6) is -0.533. The van der Waals surface area contributed by atoms with Gasteiger partial charge in [0.25, 0.3) is 0 Å². The zero-order valence-electron chi connectivity index (χ0n) is 13.4. The van der Waals surface area contributed by atoms with Gasteiger partial charge in [0.2, 0.25) is 5.91 Å². The Morgan fingerprint density at radius 2 is 1.95 bits per heavy atom. The van der Waals surface area contributed by atoms with E-state index in [4.69, 9.17) is 0 Å². The molecule has 0 spiro atoms. The molecular weight excluding hydrogens is 278 g/mol. The molecule has 1 amide bonds. The maximum atomic E-state index is 12.4. The largest absolute Gasteiger partial charge is 0.481 e. The number of carbonyl (C=O) groups is 2.